The number of aliphatic hydroxyl groups is 1. The van der Waals surface area contributed by atoms with E-state index in [1.54, 1.807) is 7.11 Å². The number of nitrogens with zero attached hydrogens (tertiary/aromatic N) is 1. The van der Waals surface area contributed by atoms with Crippen LogP contribution in [0.1, 0.15) is 29.0 Å². The normalized spacial score (nSPS) is 21.0. The molecule has 0 radical (unpaired) electrons. The fourth-order valence-corrected chi connectivity index (χ4v) is 5.29. The second-order valence-corrected chi connectivity index (χ2v) is 10.1. The summed E-state index contributed by atoms with van der Waals surface area (Å²) in [7, 11) is 1.74. The Morgan fingerprint density at radius 1 is 1.03 bits per heavy atom. The molecule has 1 saturated heterocycles. The zero-order chi connectivity index (χ0) is 26.3. The number of nitrogens with one attached hydrogen (secondary N) is 1. The lowest BCUT2D eigenvalue weighted by Gasteiger charge is -2.36. The van der Waals surface area contributed by atoms with Crippen LogP contribution in [0.3, 0.4) is 0 Å². The first-order chi connectivity index (χ1) is 18.6. The summed E-state index contributed by atoms with van der Waals surface area (Å²) in [6, 6.07) is 22.3. The molecule has 0 unspecified atom stereocenters. The predicted octanol–water partition coefficient (Wildman–Crippen LogP) is 4.66. The van der Waals surface area contributed by atoms with Gasteiger partial charge in [-0.2, -0.15) is 0 Å². The molecule has 3 aromatic carbocycles. The Kier molecular flexibility index (Phi) is 8.81. The van der Waals surface area contributed by atoms with Crippen LogP contribution in [-0.4, -0.2) is 63.8 Å². The minimum Gasteiger partial charge on any atom is -0.490 e. The van der Waals surface area contributed by atoms with Crippen LogP contribution in [-0.2, 0) is 16.1 Å². The number of β-amino-alcohol motifs (C(OH)–C–C–N with tert-alkyl or cyclic N) is 1. The predicted molar refractivity (Wildman–Crippen MR) is 149 cm³/mol. The molecule has 202 valence electrons. The molecule has 2 N–H and O–H groups in total. The largest absolute Gasteiger partial charge is 0.490 e. The van der Waals surface area contributed by atoms with Crippen molar-refractivity contribution in [2.45, 2.75) is 38.1 Å². The summed E-state index contributed by atoms with van der Waals surface area (Å²) >= 11 is 0. The van der Waals surface area contributed by atoms with Crippen LogP contribution in [0.2, 0.25) is 0 Å². The number of fused-ring (bicyclic) bond motifs is 1. The van der Waals surface area contributed by atoms with Crippen molar-refractivity contribution in [1.29, 1.82) is 0 Å². The van der Waals surface area contributed by atoms with Crippen LogP contribution in [0.4, 0.5) is 5.69 Å². The maximum Gasteiger partial charge on any atom is 0.142 e. The van der Waals surface area contributed by atoms with Crippen molar-refractivity contribution in [3.63, 3.8) is 0 Å². The first kappa shape index (κ1) is 26.5. The van der Waals surface area contributed by atoms with Gasteiger partial charge >= 0.3 is 0 Å². The minimum atomic E-state index is -0.537. The SMILES string of the molecule is COCCCN1CCOc2ccc(CO[C@H]3CNC[C@@H](O)[C@@H]3c3ccc(Oc4cccc(C)c4)cc3)cc21. The third-order valence-electron chi connectivity index (χ3n) is 7.23. The Bertz CT molecular complexity index is 1190. The molecular weight excluding hydrogens is 480 g/mol. The molecule has 0 aliphatic carbocycles. The number of rotatable bonds is 10. The molecule has 7 nitrogen and oxygen atoms in total. The van der Waals surface area contributed by atoms with E-state index in [-0.39, 0.29) is 12.0 Å². The Morgan fingerprint density at radius 3 is 2.71 bits per heavy atom. The van der Waals surface area contributed by atoms with E-state index in [0.717, 1.165) is 65.7 Å². The van der Waals surface area contributed by atoms with Crippen LogP contribution in [0.15, 0.2) is 66.7 Å². The molecule has 3 atom stereocenters. The molecule has 0 saturated carbocycles. The molecular formula is C31H38N2O5. The van der Waals surface area contributed by atoms with Crippen molar-refractivity contribution >= 4 is 5.69 Å². The molecule has 0 bridgehead atoms. The van der Waals surface area contributed by atoms with E-state index < -0.39 is 6.10 Å². The van der Waals surface area contributed by atoms with Gasteiger partial charge in [-0.1, -0.05) is 30.3 Å². The standard InChI is InChI=1S/C31H38N2O5/c1-22-5-3-6-26(17-22)38-25-10-8-24(9-11-25)31-28(34)19-32-20-30(31)37-21-23-7-12-29-27(18-23)33(14-16-36-29)13-4-15-35-2/h3,5-12,17-18,28,30-32,34H,4,13-16,19-21H2,1-2H3/t28-,30+,31+/m1/s1. The van der Waals surface area contributed by atoms with Gasteiger partial charge in [-0.25, -0.2) is 0 Å². The first-order valence-corrected chi connectivity index (χ1v) is 13.4. The van der Waals surface area contributed by atoms with Crippen molar-refractivity contribution < 1.29 is 24.1 Å². The lowest BCUT2D eigenvalue weighted by Crippen LogP contribution is -2.49. The van der Waals surface area contributed by atoms with E-state index in [0.29, 0.717) is 26.3 Å². The number of methoxy groups -OCH3 is 1. The van der Waals surface area contributed by atoms with E-state index in [2.05, 4.69) is 22.3 Å². The Balaban J connectivity index is 1.25. The maximum absolute atomic E-state index is 10.9. The van der Waals surface area contributed by atoms with E-state index >= 15 is 0 Å². The van der Waals surface area contributed by atoms with Crippen molar-refractivity contribution in [2.24, 2.45) is 0 Å². The van der Waals surface area contributed by atoms with Crippen molar-refractivity contribution in [2.75, 3.05) is 51.4 Å². The Morgan fingerprint density at radius 2 is 1.89 bits per heavy atom. The average Bonchev–Trinajstić information content (AvgIpc) is 2.93. The van der Waals surface area contributed by atoms with Crippen LogP contribution in [0, 0.1) is 6.92 Å². The summed E-state index contributed by atoms with van der Waals surface area (Å²) in [6.07, 6.45) is 0.275. The maximum atomic E-state index is 10.9. The van der Waals surface area contributed by atoms with Crippen molar-refractivity contribution in [3.8, 4) is 17.2 Å². The van der Waals surface area contributed by atoms with Gasteiger partial charge < -0.3 is 34.3 Å². The van der Waals surface area contributed by atoms with E-state index in [1.165, 1.54) is 0 Å². The molecule has 38 heavy (non-hydrogen) atoms. The third-order valence-corrected chi connectivity index (χ3v) is 7.23. The van der Waals surface area contributed by atoms with Gasteiger partial charge in [0, 0.05) is 39.3 Å². The molecule has 0 amide bonds. The number of aryl methyl sites for hydroxylation is 1. The molecule has 2 aliphatic rings. The zero-order valence-corrected chi connectivity index (χ0v) is 22.3. The lowest BCUT2D eigenvalue weighted by atomic mass is 9.85. The highest BCUT2D eigenvalue weighted by Gasteiger charge is 2.34. The molecule has 3 aromatic rings. The smallest absolute Gasteiger partial charge is 0.142 e. The van der Waals surface area contributed by atoms with E-state index in [4.69, 9.17) is 18.9 Å². The number of piperidine rings is 1. The highest BCUT2D eigenvalue weighted by molar-refractivity contribution is 5.61. The van der Waals surface area contributed by atoms with Crippen LogP contribution >= 0.6 is 0 Å². The molecule has 7 heteroatoms. The number of ether oxygens (including phenoxy) is 4. The third kappa shape index (κ3) is 6.48. The zero-order valence-electron chi connectivity index (χ0n) is 22.3. The van der Waals surface area contributed by atoms with Gasteiger partial charge in [0.15, 0.2) is 0 Å². The van der Waals surface area contributed by atoms with Gasteiger partial charge in [0.1, 0.15) is 23.9 Å². The van der Waals surface area contributed by atoms with E-state index in [9.17, 15) is 5.11 Å². The van der Waals surface area contributed by atoms with Crippen LogP contribution < -0.4 is 19.7 Å². The lowest BCUT2D eigenvalue weighted by molar-refractivity contribution is -0.0328. The second kappa shape index (κ2) is 12.6. The Hall–Kier alpha value is -3.10. The monoisotopic (exact) mass is 518 g/mol. The number of hydrogen-bond donors (Lipinski definition) is 2. The quantitative estimate of drug-likeness (QED) is 0.379. The summed E-state index contributed by atoms with van der Waals surface area (Å²) in [5.74, 6) is 2.37. The summed E-state index contributed by atoms with van der Waals surface area (Å²) in [6.45, 7) is 6.96. The number of anilines is 1. The molecule has 1 fully saturated rings. The highest BCUT2D eigenvalue weighted by Crippen LogP contribution is 2.34. The summed E-state index contributed by atoms with van der Waals surface area (Å²) in [5.41, 5.74) is 4.40. The Labute approximate surface area is 225 Å². The van der Waals surface area contributed by atoms with Crippen LogP contribution in [0.25, 0.3) is 0 Å². The molecule has 2 heterocycles. The van der Waals surface area contributed by atoms with Crippen molar-refractivity contribution in [1.82, 2.24) is 5.32 Å². The molecule has 0 aromatic heterocycles. The fourth-order valence-electron chi connectivity index (χ4n) is 5.29. The van der Waals surface area contributed by atoms with Gasteiger partial charge in [-0.3, -0.25) is 0 Å². The summed E-state index contributed by atoms with van der Waals surface area (Å²) < 4.78 is 23.6. The van der Waals surface area contributed by atoms with E-state index in [1.807, 2.05) is 61.5 Å². The minimum absolute atomic E-state index is 0.129. The molecule has 5 rings (SSSR count). The number of aliphatic hydroxyl groups excluding tert-OH is 1. The summed E-state index contributed by atoms with van der Waals surface area (Å²) in [4.78, 5) is 2.36. The van der Waals surface area contributed by atoms with Gasteiger partial charge in [0.25, 0.3) is 0 Å². The van der Waals surface area contributed by atoms with Crippen LogP contribution in [0.5, 0.6) is 17.2 Å². The van der Waals surface area contributed by atoms with Gasteiger partial charge in [0.2, 0.25) is 0 Å². The highest BCUT2D eigenvalue weighted by atomic mass is 16.5. The topological polar surface area (TPSA) is 72.4 Å². The molecule has 2 aliphatic heterocycles. The number of benzene rings is 3. The average molecular weight is 519 g/mol. The second-order valence-electron chi connectivity index (χ2n) is 10.1. The van der Waals surface area contributed by atoms with Gasteiger partial charge in [-0.15, -0.1) is 0 Å². The first-order valence-electron chi connectivity index (χ1n) is 13.4. The van der Waals surface area contributed by atoms with Gasteiger partial charge in [-0.05, 0) is 66.4 Å². The van der Waals surface area contributed by atoms with Gasteiger partial charge in [0.05, 0.1) is 31.0 Å². The number of hydrogen-bond acceptors (Lipinski definition) is 7. The molecule has 0 spiro atoms. The summed E-state index contributed by atoms with van der Waals surface area (Å²) in [5, 5.41) is 14.2. The fraction of sp³-hybridized carbons (Fsp3) is 0.419. The van der Waals surface area contributed by atoms with Crippen molar-refractivity contribution in [3.05, 3.63) is 83.4 Å².